The molecule has 5 nitrogen and oxygen atoms in total. The number of hydrogen-bond donors (Lipinski definition) is 1. The number of aryl methyl sites for hydroxylation is 3. The SMILES string of the molecule is Cc1ccc(Nc2c(Cl)c(C)nc3ncnn23)c(C)c1. The molecule has 6 heteroatoms. The first-order chi connectivity index (χ1) is 9.56. The maximum atomic E-state index is 6.35. The van der Waals surface area contributed by atoms with E-state index in [0.29, 0.717) is 16.6 Å². The van der Waals surface area contributed by atoms with Gasteiger partial charge in [-0.15, -0.1) is 0 Å². The van der Waals surface area contributed by atoms with E-state index in [-0.39, 0.29) is 0 Å². The molecule has 1 aromatic carbocycles. The van der Waals surface area contributed by atoms with E-state index in [1.165, 1.54) is 11.9 Å². The van der Waals surface area contributed by atoms with Crippen molar-refractivity contribution in [2.24, 2.45) is 0 Å². The van der Waals surface area contributed by atoms with Crippen molar-refractivity contribution in [1.82, 2.24) is 19.6 Å². The Bertz CT molecular complexity index is 794. The van der Waals surface area contributed by atoms with Gasteiger partial charge in [-0.2, -0.15) is 14.6 Å². The summed E-state index contributed by atoms with van der Waals surface area (Å²) in [5, 5.41) is 8.03. The van der Waals surface area contributed by atoms with Gasteiger partial charge in [0.05, 0.1) is 5.69 Å². The quantitative estimate of drug-likeness (QED) is 0.784. The minimum Gasteiger partial charge on any atom is -0.339 e. The van der Waals surface area contributed by atoms with Crippen molar-refractivity contribution >= 4 is 28.9 Å². The lowest BCUT2D eigenvalue weighted by atomic mass is 10.1. The molecule has 0 saturated carbocycles. The van der Waals surface area contributed by atoms with E-state index in [1.807, 2.05) is 13.0 Å². The molecule has 20 heavy (non-hydrogen) atoms. The Morgan fingerprint density at radius 1 is 1.20 bits per heavy atom. The summed E-state index contributed by atoms with van der Waals surface area (Å²) in [4.78, 5) is 8.39. The number of nitrogens with zero attached hydrogens (tertiary/aromatic N) is 4. The van der Waals surface area contributed by atoms with Crippen LogP contribution in [0.2, 0.25) is 5.02 Å². The topological polar surface area (TPSA) is 55.1 Å². The number of rotatable bonds is 2. The lowest BCUT2D eigenvalue weighted by Crippen LogP contribution is -2.05. The number of anilines is 2. The molecule has 0 amide bonds. The average molecular weight is 288 g/mol. The number of fused-ring (bicyclic) bond motifs is 1. The molecule has 2 aromatic heterocycles. The van der Waals surface area contributed by atoms with E-state index in [2.05, 4.69) is 46.4 Å². The highest BCUT2D eigenvalue weighted by Crippen LogP contribution is 2.29. The summed E-state index contributed by atoms with van der Waals surface area (Å²) in [5.74, 6) is 1.21. The fraction of sp³-hybridized carbons (Fsp3) is 0.214. The van der Waals surface area contributed by atoms with Crippen molar-refractivity contribution in [3.8, 4) is 0 Å². The summed E-state index contributed by atoms with van der Waals surface area (Å²) in [6.45, 7) is 5.97. The van der Waals surface area contributed by atoms with Gasteiger partial charge in [-0.05, 0) is 32.4 Å². The fourth-order valence-electron chi connectivity index (χ4n) is 2.12. The van der Waals surface area contributed by atoms with E-state index in [4.69, 9.17) is 11.6 Å². The first kappa shape index (κ1) is 12.9. The van der Waals surface area contributed by atoms with E-state index >= 15 is 0 Å². The second-order valence-electron chi connectivity index (χ2n) is 4.78. The van der Waals surface area contributed by atoms with Crippen LogP contribution < -0.4 is 5.32 Å². The van der Waals surface area contributed by atoms with Gasteiger partial charge in [0.2, 0.25) is 0 Å². The molecule has 102 valence electrons. The van der Waals surface area contributed by atoms with Gasteiger partial charge < -0.3 is 5.32 Å². The molecule has 2 heterocycles. The third-order valence-corrected chi connectivity index (χ3v) is 3.62. The maximum Gasteiger partial charge on any atom is 0.254 e. The van der Waals surface area contributed by atoms with Crippen LogP contribution >= 0.6 is 11.6 Å². The summed E-state index contributed by atoms with van der Waals surface area (Å²) >= 11 is 6.35. The molecule has 3 aromatic rings. The maximum absolute atomic E-state index is 6.35. The lowest BCUT2D eigenvalue weighted by Gasteiger charge is -2.13. The van der Waals surface area contributed by atoms with Gasteiger partial charge in [0, 0.05) is 5.69 Å². The first-order valence-electron chi connectivity index (χ1n) is 6.26. The van der Waals surface area contributed by atoms with Crippen LogP contribution in [0.4, 0.5) is 11.5 Å². The average Bonchev–Trinajstić information content (AvgIpc) is 2.85. The zero-order valence-corrected chi connectivity index (χ0v) is 12.2. The van der Waals surface area contributed by atoms with Gasteiger partial charge in [0.1, 0.15) is 11.3 Å². The highest BCUT2D eigenvalue weighted by Gasteiger charge is 2.13. The molecule has 0 aliphatic heterocycles. The van der Waals surface area contributed by atoms with E-state index in [0.717, 1.165) is 16.9 Å². The van der Waals surface area contributed by atoms with Gasteiger partial charge in [0.25, 0.3) is 5.78 Å². The molecular formula is C14H14ClN5. The molecule has 0 aliphatic carbocycles. The van der Waals surface area contributed by atoms with E-state index in [1.54, 1.807) is 4.52 Å². The number of nitrogens with one attached hydrogen (secondary N) is 1. The second-order valence-corrected chi connectivity index (χ2v) is 5.15. The van der Waals surface area contributed by atoms with Gasteiger partial charge in [-0.3, -0.25) is 0 Å². The predicted octanol–water partition coefficient (Wildman–Crippen LogP) is 3.45. The Morgan fingerprint density at radius 3 is 2.75 bits per heavy atom. The highest BCUT2D eigenvalue weighted by molar-refractivity contribution is 6.33. The number of benzene rings is 1. The Balaban J connectivity index is 2.14. The largest absolute Gasteiger partial charge is 0.339 e. The third kappa shape index (κ3) is 2.10. The standard InChI is InChI=1S/C14H14ClN5/c1-8-4-5-11(9(2)6-8)19-13-12(15)10(3)18-14-16-7-17-20(13)14/h4-7,19H,1-3H3. The molecule has 3 rings (SSSR count). The van der Waals surface area contributed by atoms with Gasteiger partial charge in [0.15, 0.2) is 5.82 Å². The van der Waals surface area contributed by atoms with Crippen molar-refractivity contribution in [3.05, 3.63) is 46.4 Å². The van der Waals surface area contributed by atoms with Crippen molar-refractivity contribution in [2.45, 2.75) is 20.8 Å². The van der Waals surface area contributed by atoms with Crippen LogP contribution in [0.1, 0.15) is 16.8 Å². The molecule has 1 N–H and O–H groups in total. The van der Waals surface area contributed by atoms with Crippen LogP contribution in [0, 0.1) is 20.8 Å². The summed E-state index contributed by atoms with van der Waals surface area (Å²) in [5.41, 5.74) is 4.07. The Morgan fingerprint density at radius 2 is 2.00 bits per heavy atom. The van der Waals surface area contributed by atoms with Crippen LogP contribution in [0.15, 0.2) is 24.5 Å². The summed E-state index contributed by atoms with van der Waals surface area (Å²) < 4.78 is 1.61. The summed E-state index contributed by atoms with van der Waals surface area (Å²) in [6.07, 6.45) is 1.46. The van der Waals surface area contributed by atoms with Crippen LogP contribution in [-0.4, -0.2) is 19.6 Å². The van der Waals surface area contributed by atoms with Crippen LogP contribution in [0.3, 0.4) is 0 Å². The molecular weight excluding hydrogens is 274 g/mol. The molecule has 0 radical (unpaired) electrons. The number of hydrogen-bond acceptors (Lipinski definition) is 4. The molecule has 0 fully saturated rings. The van der Waals surface area contributed by atoms with Gasteiger partial charge in [-0.25, -0.2) is 4.98 Å². The van der Waals surface area contributed by atoms with Crippen LogP contribution in [0.5, 0.6) is 0 Å². The fourth-order valence-corrected chi connectivity index (χ4v) is 2.29. The normalized spacial score (nSPS) is 11.0. The number of halogens is 1. The highest BCUT2D eigenvalue weighted by atomic mass is 35.5. The van der Waals surface area contributed by atoms with Crippen molar-refractivity contribution < 1.29 is 0 Å². The minimum atomic E-state index is 0.527. The van der Waals surface area contributed by atoms with E-state index < -0.39 is 0 Å². The number of aromatic nitrogens is 4. The molecule has 0 saturated heterocycles. The molecule has 0 unspecified atom stereocenters. The van der Waals surface area contributed by atoms with Crippen LogP contribution in [0.25, 0.3) is 5.78 Å². The summed E-state index contributed by atoms with van der Waals surface area (Å²) in [7, 11) is 0. The Labute approximate surface area is 121 Å². The zero-order chi connectivity index (χ0) is 14.3. The van der Waals surface area contributed by atoms with Gasteiger partial charge >= 0.3 is 0 Å². The van der Waals surface area contributed by atoms with Crippen molar-refractivity contribution in [2.75, 3.05) is 5.32 Å². The van der Waals surface area contributed by atoms with Crippen LogP contribution in [-0.2, 0) is 0 Å². The molecule has 0 spiro atoms. The minimum absolute atomic E-state index is 0.527. The van der Waals surface area contributed by atoms with Crippen molar-refractivity contribution in [1.29, 1.82) is 0 Å². The molecule has 0 aliphatic rings. The molecule has 0 atom stereocenters. The smallest absolute Gasteiger partial charge is 0.254 e. The second kappa shape index (κ2) is 4.76. The Hall–Kier alpha value is -2.14. The summed E-state index contributed by atoms with van der Waals surface area (Å²) in [6, 6.07) is 6.19. The third-order valence-electron chi connectivity index (χ3n) is 3.17. The monoisotopic (exact) mass is 287 g/mol. The van der Waals surface area contributed by atoms with Gasteiger partial charge in [-0.1, -0.05) is 29.3 Å². The molecule has 0 bridgehead atoms. The Kier molecular flexibility index (Phi) is 3.06. The predicted molar refractivity (Wildman–Crippen MR) is 79.7 cm³/mol. The van der Waals surface area contributed by atoms with E-state index in [9.17, 15) is 0 Å². The first-order valence-corrected chi connectivity index (χ1v) is 6.64. The van der Waals surface area contributed by atoms with Crippen molar-refractivity contribution in [3.63, 3.8) is 0 Å². The zero-order valence-electron chi connectivity index (χ0n) is 11.5. The lowest BCUT2D eigenvalue weighted by molar-refractivity contribution is 0.937.